The highest BCUT2D eigenvalue weighted by molar-refractivity contribution is 7.90. The number of hydrogen-bond acceptors (Lipinski definition) is 5. The van der Waals surface area contributed by atoms with Gasteiger partial charge < -0.3 is 20.1 Å². The lowest BCUT2D eigenvalue weighted by molar-refractivity contribution is -0.137. The molecule has 0 unspecified atom stereocenters. The molecule has 0 aliphatic carbocycles. The number of carbonyl (C=O) groups excluding carboxylic acids is 1. The minimum absolute atomic E-state index is 0.0261. The van der Waals surface area contributed by atoms with E-state index in [2.05, 4.69) is 10.3 Å². The van der Waals surface area contributed by atoms with Crippen LogP contribution < -0.4 is 10.1 Å². The fourth-order valence-electron chi connectivity index (χ4n) is 3.38. The number of anilines is 1. The highest BCUT2D eigenvalue weighted by Gasteiger charge is 2.27. The van der Waals surface area contributed by atoms with Gasteiger partial charge in [0, 0.05) is 35.7 Å². The molecule has 2 heterocycles. The van der Waals surface area contributed by atoms with E-state index in [0.717, 1.165) is 6.26 Å². The Bertz CT molecular complexity index is 1110. The summed E-state index contributed by atoms with van der Waals surface area (Å²) in [6, 6.07) is 5.16. The lowest BCUT2D eigenvalue weighted by Crippen LogP contribution is -2.06. The van der Waals surface area contributed by atoms with Gasteiger partial charge in [-0.2, -0.15) is 0 Å². The molecule has 148 valence electrons. The lowest BCUT2D eigenvalue weighted by Gasteiger charge is -2.05. The van der Waals surface area contributed by atoms with Crippen LogP contribution in [0.15, 0.2) is 23.1 Å². The zero-order valence-electron chi connectivity index (χ0n) is 15.6. The van der Waals surface area contributed by atoms with Gasteiger partial charge in [-0.1, -0.05) is 0 Å². The van der Waals surface area contributed by atoms with E-state index in [9.17, 15) is 18.0 Å². The summed E-state index contributed by atoms with van der Waals surface area (Å²) >= 11 is 0. The standard InChI is InChI=1S/C19H20N2O6S/c1-10-18(28(3,25)26)13(6-7-17(22)23)16(20-10)9-14-12-5-4-11(27-2)8-15(12)21-19(14)24/h4-5,8-9,20H,6-7H2,1-3H3,(H,21,24)(H,22,23)/b14-9-. The summed E-state index contributed by atoms with van der Waals surface area (Å²) in [5.74, 6) is -0.772. The monoisotopic (exact) mass is 404 g/mol. The number of fused-ring (bicyclic) bond motifs is 1. The molecule has 3 rings (SSSR count). The number of aromatic amines is 1. The number of methoxy groups -OCH3 is 1. The number of hydrogen-bond donors (Lipinski definition) is 3. The Kier molecular flexibility index (Phi) is 5.03. The van der Waals surface area contributed by atoms with Crippen molar-refractivity contribution < 1.29 is 27.9 Å². The van der Waals surface area contributed by atoms with Gasteiger partial charge in [0.25, 0.3) is 5.91 Å². The third-order valence-corrected chi connectivity index (χ3v) is 5.81. The highest BCUT2D eigenvalue weighted by atomic mass is 32.2. The molecule has 0 saturated heterocycles. The fraction of sp³-hybridized carbons (Fsp3) is 0.263. The summed E-state index contributed by atoms with van der Waals surface area (Å²) in [7, 11) is -2.05. The number of carboxylic acids is 1. The normalized spacial score (nSPS) is 14.8. The molecule has 8 nitrogen and oxygen atoms in total. The van der Waals surface area contributed by atoms with Crippen LogP contribution in [0.1, 0.15) is 28.9 Å². The molecule has 0 fully saturated rings. The van der Waals surface area contributed by atoms with Crippen molar-refractivity contribution in [3.63, 3.8) is 0 Å². The van der Waals surface area contributed by atoms with Gasteiger partial charge in [-0.05, 0) is 37.1 Å². The maximum atomic E-state index is 12.5. The van der Waals surface area contributed by atoms with Gasteiger partial charge in [-0.15, -0.1) is 0 Å². The Morgan fingerprint density at radius 1 is 1.32 bits per heavy atom. The molecule has 0 atom stereocenters. The second kappa shape index (κ2) is 7.16. The molecular formula is C19H20N2O6S. The molecule has 1 amide bonds. The van der Waals surface area contributed by atoms with Crippen LogP contribution in [0.3, 0.4) is 0 Å². The van der Waals surface area contributed by atoms with E-state index < -0.39 is 15.8 Å². The van der Waals surface area contributed by atoms with Gasteiger partial charge in [-0.25, -0.2) is 8.42 Å². The SMILES string of the molecule is COc1ccc2c(c1)NC(=O)/C2=C\c1[nH]c(C)c(S(C)(=O)=O)c1CCC(=O)O. The van der Waals surface area contributed by atoms with Crippen LogP contribution in [-0.4, -0.2) is 43.8 Å². The van der Waals surface area contributed by atoms with E-state index >= 15 is 0 Å². The van der Waals surface area contributed by atoms with Gasteiger partial charge >= 0.3 is 5.97 Å². The number of carbonyl (C=O) groups is 2. The number of nitrogens with one attached hydrogen (secondary N) is 2. The first-order valence-corrected chi connectivity index (χ1v) is 10.4. The number of aryl methyl sites for hydroxylation is 1. The van der Waals surface area contributed by atoms with Crippen LogP contribution in [0.4, 0.5) is 5.69 Å². The first-order valence-electron chi connectivity index (χ1n) is 8.46. The summed E-state index contributed by atoms with van der Waals surface area (Å²) in [6.45, 7) is 1.61. The predicted octanol–water partition coefficient (Wildman–Crippen LogP) is 2.25. The van der Waals surface area contributed by atoms with Gasteiger partial charge in [0.15, 0.2) is 9.84 Å². The number of amides is 1. The van der Waals surface area contributed by atoms with Crippen molar-refractivity contribution in [3.05, 3.63) is 40.7 Å². The van der Waals surface area contributed by atoms with Crippen LogP contribution >= 0.6 is 0 Å². The predicted molar refractivity (Wildman–Crippen MR) is 104 cm³/mol. The van der Waals surface area contributed by atoms with Crippen molar-refractivity contribution in [1.82, 2.24) is 4.98 Å². The highest BCUT2D eigenvalue weighted by Crippen LogP contribution is 2.37. The minimum Gasteiger partial charge on any atom is -0.497 e. The molecule has 3 N–H and O–H groups in total. The molecule has 9 heteroatoms. The second-order valence-corrected chi connectivity index (χ2v) is 8.51. The van der Waals surface area contributed by atoms with Gasteiger partial charge in [0.05, 0.1) is 23.3 Å². The van der Waals surface area contributed by atoms with Crippen LogP contribution in [-0.2, 0) is 25.8 Å². The van der Waals surface area contributed by atoms with E-state index in [4.69, 9.17) is 9.84 Å². The molecule has 1 aromatic heterocycles. The summed E-state index contributed by atoms with van der Waals surface area (Å²) < 4.78 is 29.6. The zero-order valence-corrected chi connectivity index (χ0v) is 16.4. The third-order valence-electron chi connectivity index (χ3n) is 4.52. The zero-order chi connectivity index (χ0) is 20.6. The van der Waals surface area contributed by atoms with Crippen LogP contribution in [0.5, 0.6) is 5.75 Å². The minimum atomic E-state index is -3.58. The van der Waals surface area contributed by atoms with Crippen molar-refractivity contribution in [3.8, 4) is 5.75 Å². The van der Waals surface area contributed by atoms with Gasteiger partial charge in [-0.3, -0.25) is 9.59 Å². The van der Waals surface area contributed by atoms with Crippen molar-refractivity contribution in [2.45, 2.75) is 24.7 Å². The van der Waals surface area contributed by atoms with E-state index in [0.29, 0.717) is 39.5 Å². The molecule has 1 aliphatic heterocycles. The Morgan fingerprint density at radius 3 is 2.64 bits per heavy atom. The van der Waals surface area contributed by atoms with Gasteiger partial charge in [0.2, 0.25) is 0 Å². The first-order chi connectivity index (χ1) is 13.1. The number of H-pyrrole nitrogens is 1. The number of sulfone groups is 1. The maximum absolute atomic E-state index is 12.5. The fourth-order valence-corrected chi connectivity index (χ4v) is 4.64. The lowest BCUT2D eigenvalue weighted by atomic mass is 10.0. The van der Waals surface area contributed by atoms with E-state index in [1.54, 1.807) is 31.2 Å². The third kappa shape index (κ3) is 3.65. The average molecular weight is 404 g/mol. The molecule has 2 aromatic rings. The second-order valence-electron chi connectivity index (χ2n) is 6.56. The molecule has 0 spiro atoms. The maximum Gasteiger partial charge on any atom is 0.303 e. The van der Waals surface area contributed by atoms with E-state index in [-0.39, 0.29) is 23.6 Å². The number of rotatable bonds is 6. The summed E-state index contributed by atoms with van der Waals surface area (Å²) in [5, 5.41) is 11.8. The van der Waals surface area contributed by atoms with E-state index in [1.807, 2.05) is 0 Å². The molecular weight excluding hydrogens is 384 g/mol. The number of ether oxygens (including phenoxy) is 1. The Balaban J connectivity index is 2.15. The molecule has 28 heavy (non-hydrogen) atoms. The molecule has 0 bridgehead atoms. The smallest absolute Gasteiger partial charge is 0.303 e. The Labute approximate surface area is 162 Å². The number of aromatic nitrogens is 1. The molecule has 0 saturated carbocycles. The largest absolute Gasteiger partial charge is 0.497 e. The number of aliphatic carboxylic acids is 1. The Hall–Kier alpha value is -3.07. The summed E-state index contributed by atoms with van der Waals surface area (Å²) in [6.07, 6.45) is 2.44. The average Bonchev–Trinajstić information content (AvgIpc) is 3.08. The van der Waals surface area contributed by atoms with Crippen molar-refractivity contribution in [2.75, 3.05) is 18.7 Å². The van der Waals surface area contributed by atoms with Crippen molar-refractivity contribution in [2.24, 2.45) is 0 Å². The topological polar surface area (TPSA) is 126 Å². The van der Waals surface area contributed by atoms with Gasteiger partial charge in [0.1, 0.15) is 5.75 Å². The quantitative estimate of drug-likeness (QED) is 0.634. The van der Waals surface area contributed by atoms with E-state index in [1.165, 1.54) is 7.11 Å². The molecule has 0 radical (unpaired) electrons. The number of benzene rings is 1. The molecule has 1 aliphatic rings. The number of carboxylic acid groups (broad SMARTS) is 1. The van der Waals surface area contributed by atoms with Crippen LogP contribution in [0.25, 0.3) is 11.6 Å². The summed E-state index contributed by atoms with van der Waals surface area (Å²) in [5.41, 5.74) is 2.79. The van der Waals surface area contributed by atoms with Crippen LogP contribution in [0.2, 0.25) is 0 Å². The summed E-state index contributed by atoms with van der Waals surface area (Å²) in [4.78, 5) is 26.5. The molecule has 1 aromatic carbocycles. The van der Waals surface area contributed by atoms with Crippen molar-refractivity contribution in [1.29, 1.82) is 0 Å². The Morgan fingerprint density at radius 2 is 2.04 bits per heavy atom. The first kappa shape index (κ1) is 19.7. The van der Waals surface area contributed by atoms with Crippen LogP contribution in [0, 0.1) is 6.92 Å². The van der Waals surface area contributed by atoms with Crippen molar-refractivity contribution >= 4 is 39.1 Å².